The van der Waals surface area contributed by atoms with Crippen LogP contribution in [0.25, 0.3) is 0 Å². The van der Waals surface area contributed by atoms with Gasteiger partial charge < -0.3 is 15.0 Å². The molecule has 19 heavy (non-hydrogen) atoms. The second kappa shape index (κ2) is 6.37. The standard InChI is InChI=1S/C14H26N2O3/c1-6-14(4)13(18)16(7-8-19-5)11(9-10(2)3)12(17)15-14/h10-11H,6-9H2,1-5H3,(H,15,17). The Morgan fingerprint density at radius 3 is 2.53 bits per heavy atom. The van der Waals surface area contributed by atoms with Crippen LogP contribution in [-0.2, 0) is 14.3 Å². The molecule has 1 N–H and O–H groups in total. The van der Waals surface area contributed by atoms with Crippen LogP contribution < -0.4 is 5.32 Å². The van der Waals surface area contributed by atoms with E-state index < -0.39 is 5.54 Å². The fourth-order valence-corrected chi connectivity index (χ4v) is 2.38. The Morgan fingerprint density at radius 2 is 2.05 bits per heavy atom. The van der Waals surface area contributed by atoms with Crippen LogP contribution in [0, 0.1) is 5.92 Å². The number of hydrogen-bond acceptors (Lipinski definition) is 3. The van der Waals surface area contributed by atoms with Gasteiger partial charge in [0.05, 0.1) is 6.61 Å². The molecule has 0 spiro atoms. The van der Waals surface area contributed by atoms with Crippen molar-refractivity contribution in [2.45, 2.75) is 52.1 Å². The molecule has 0 bridgehead atoms. The van der Waals surface area contributed by atoms with Gasteiger partial charge in [-0.3, -0.25) is 9.59 Å². The molecule has 0 saturated carbocycles. The third-order valence-electron chi connectivity index (χ3n) is 3.75. The van der Waals surface area contributed by atoms with Crippen molar-refractivity contribution in [2.75, 3.05) is 20.3 Å². The molecule has 2 atom stereocenters. The maximum atomic E-state index is 12.6. The first-order valence-corrected chi connectivity index (χ1v) is 6.97. The van der Waals surface area contributed by atoms with Crippen molar-refractivity contribution in [3.8, 4) is 0 Å². The highest BCUT2D eigenvalue weighted by atomic mass is 16.5. The number of piperazine rings is 1. The number of carbonyl (C=O) groups is 2. The lowest BCUT2D eigenvalue weighted by Gasteiger charge is -2.44. The second-order valence-electron chi connectivity index (χ2n) is 5.81. The van der Waals surface area contributed by atoms with Crippen molar-refractivity contribution >= 4 is 11.8 Å². The topological polar surface area (TPSA) is 58.6 Å². The average molecular weight is 270 g/mol. The van der Waals surface area contributed by atoms with Crippen LogP contribution in [-0.4, -0.2) is 48.6 Å². The zero-order valence-electron chi connectivity index (χ0n) is 12.7. The van der Waals surface area contributed by atoms with Crippen LogP contribution in [0.3, 0.4) is 0 Å². The van der Waals surface area contributed by atoms with Gasteiger partial charge in [-0.15, -0.1) is 0 Å². The first kappa shape index (κ1) is 16.0. The summed E-state index contributed by atoms with van der Waals surface area (Å²) in [5, 5.41) is 2.88. The zero-order chi connectivity index (χ0) is 14.6. The largest absolute Gasteiger partial charge is 0.383 e. The summed E-state index contributed by atoms with van der Waals surface area (Å²) >= 11 is 0. The van der Waals surface area contributed by atoms with E-state index in [2.05, 4.69) is 19.2 Å². The third kappa shape index (κ3) is 3.47. The maximum Gasteiger partial charge on any atom is 0.248 e. The number of carbonyl (C=O) groups excluding carboxylic acids is 2. The lowest BCUT2D eigenvalue weighted by molar-refractivity contribution is -0.155. The van der Waals surface area contributed by atoms with Crippen LogP contribution in [0.2, 0.25) is 0 Å². The summed E-state index contributed by atoms with van der Waals surface area (Å²) in [7, 11) is 1.60. The van der Waals surface area contributed by atoms with Gasteiger partial charge in [-0.25, -0.2) is 0 Å². The lowest BCUT2D eigenvalue weighted by Crippen LogP contribution is -2.69. The summed E-state index contributed by atoms with van der Waals surface area (Å²) in [5.41, 5.74) is -0.779. The van der Waals surface area contributed by atoms with Gasteiger partial charge in [0.25, 0.3) is 0 Å². The Labute approximate surface area is 115 Å². The molecule has 0 aromatic heterocycles. The van der Waals surface area contributed by atoms with Gasteiger partial charge in [-0.05, 0) is 25.7 Å². The van der Waals surface area contributed by atoms with E-state index in [4.69, 9.17) is 4.74 Å². The number of nitrogens with zero attached hydrogens (tertiary/aromatic N) is 1. The summed E-state index contributed by atoms with van der Waals surface area (Å²) in [6, 6.07) is -0.373. The SMILES string of the molecule is CCC1(C)NC(=O)C(CC(C)C)N(CCOC)C1=O. The van der Waals surface area contributed by atoms with E-state index >= 15 is 0 Å². The monoisotopic (exact) mass is 270 g/mol. The summed E-state index contributed by atoms with van der Waals surface area (Å²) < 4.78 is 5.06. The maximum absolute atomic E-state index is 12.6. The van der Waals surface area contributed by atoms with Crippen molar-refractivity contribution in [3.05, 3.63) is 0 Å². The Bertz CT molecular complexity index is 344. The molecule has 5 nitrogen and oxygen atoms in total. The molecule has 2 unspecified atom stereocenters. The fourth-order valence-electron chi connectivity index (χ4n) is 2.38. The molecular weight excluding hydrogens is 244 g/mol. The molecule has 0 aromatic carbocycles. The van der Waals surface area contributed by atoms with Crippen molar-refractivity contribution in [1.82, 2.24) is 10.2 Å². The van der Waals surface area contributed by atoms with Gasteiger partial charge in [0, 0.05) is 13.7 Å². The molecule has 0 aliphatic carbocycles. The highest BCUT2D eigenvalue weighted by Gasteiger charge is 2.46. The number of rotatable bonds is 6. The number of nitrogens with one attached hydrogen (secondary N) is 1. The van der Waals surface area contributed by atoms with Crippen molar-refractivity contribution in [1.29, 1.82) is 0 Å². The van der Waals surface area contributed by atoms with Gasteiger partial charge in [-0.1, -0.05) is 20.8 Å². The van der Waals surface area contributed by atoms with Crippen molar-refractivity contribution in [2.24, 2.45) is 5.92 Å². The molecule has 1 aliphatic rings. The minimum absolute atomic E-state index is 0.00250. The Morgan fingerprint density at radius 1 is 1.42 bits per heavy atom. The molecule has 1 heterocycles. The number of ether oxygens (including phenoxy) is 1. The van der Waals surface area contributed by atoms with E-state index in [0.29, 0.717) is 31.9 Å². The zero-order valence-corrected chi connectivity index (χ0v) is 12.7. The highest BCUT2D eigenvalue weighted by Crippen LogP contribution is 2.24. The normalized spacial score (nSPS) is 27.9. The van der Waals surface area contributed by atoms with Crippen molar-refractivity contribution < 1.29 is 14.3 Å². The Hall–Kier alpha value is -1.10. The second-order valence-corrected chi connectivity index (χ2v) is 5.81. The van der Waals surface area contributed by atoms with Gasteiger partial charge in [0.2, 0.25) is 11.8 Å². The van der Waals surface area contributed by atoms with Gasteiger partial charge in [0.1, 0.15) is 11.6 Å². The van der Waals surface area contributed by atoms with Crippen LogP contribution >= 0.6 is 0 Å². The smallest absolute Gasteiger partial charge is 0.248 e. The van der Waals surface area contributed by atoms with Crippen LogP contribution in [0.1, 0.15) is 40.5 Å². The molecule has 1 aliphatic heterocycles. The molecule has 2 amide bonds. The highest BCUT2D eigenvalue weighted by molar-refractivity contribution is 5.99. The first-order valence-electron chi connectivity index (χ1n) is 6.97. The number of amides is 2. The summed E-state index contributed by atoms with van der Waals surface area (Å²) in [5.74, 6) is 0.311. The number of methoxy groups -OCH3 is 1. The predicted molar refractivity (Wildman–Crippen MR) is 73.7 cm³/mol. The molecule has 0 aromatic rings. The number of hydrogen-bond donors (Lipinski definition) is 1. The van der Waals surface area contributed by atoms with E-state index in [1.807, 2.05) is 6.92 Å². The van der Waals surface area contributed by atoms with Crippen LogP contribution in [0.4, 0.5) is 0 Å². The Balaban J connectivity index is 2.96. The average Bonchev–Trinajstić information content (AvgIpc) is 2.35. The van der Waals surface area contributed by atoms with Crippen LogP contribution in [0.5, 0.6) is 0 Å². The third-order valence-corrected chi connectivity index (χ3v) is 3.75. The van der Waals surface area contributed by atoms with E-state index in [0.717, 1.165) is 0 Å². The van der Waals surface area contributed by atoms with Gasteiger partial charge in [0.15, 0.2) is 0 Å². The fraction of sp³-hybridized carbons (Fsp3) is 0.857. The quantitative estimate of drug-likeness (QED) is 0.788. The molecule has 1 fully saturated rings. The van der Waals surface area contributed by atoms with E-state index in [-0.39, 0.29) is 17.9 Å². The Kier molecular flexibility index (Phi) is 5.35. The minimum Gasteiger partial charge on any atom is -0.383 e. The molecule has 1 rings (SSSR count). The molecule has 0 radical (unpaired) electrons. The van der Waals surface area contributed by atoms with Gasteiger partial charge in [-0.2, -0.15) is 0 Å². The predicted octanol–water partition coefficient (Wildman–Crippen LogP) is 1.17. The molecule has 110 valence electrons. The first-order chi connectivity index (χ1) is 8.85. The van der Waals surface area contributed by atoms with E-state index in [1.165, 1.54) is 0 Å². The molecule has 1 saturated heterocycles. The minimum atomic E-state index is -0.779. The van der Waals surface area contributed by atoms with Gasteiger partial charge >= 0.3 is 0 Å². The lowest BCUT2D eigenvalue weighted by atomic mass is 9.89. The van der Waals surface area contributed by atoms with Crippen LogP contribution in [0.15, 0.2) is 0 Å². The molecule has 5 heteroatoms. The van der Waals surface area contributed by atoms with E-state index in [9.17, 15) is 9.59 Å². The summed E-state index contributed by atoms with van der Waals surface area (Å²) in [6.07, 6.45) is 1.27. The summed E-state index contributed by atoms with van der Waals surface area (Å²) in [4.78, 5) is 26.5. The summed E-state index contributed by atoms with van der Waals surface area (Å²) in [6.45, 7) is 8.73. The van der Waals surface area contributed by atoms with E-state index in [1.54, 1.807) is 18.9 Å². The van der Waals surface area contributed by atoms with Crippen molar-refractivity contribution in [3.63, 3.8) is 0 Å². The molecular formula is C14H26N2O3.